The van der Waals surface area contributed by atoms with Crippen LogP contribution < -0.4 is 5.32 Å². The Balaban J connectivity index is 2.75. The molecule has 1 aromatic rings. The molecule has 0 radical (unpaired) electrons. The van der Waals surface area contributed by atoms with E-state index in [1.165, 1.54) is 0 Å². The largest absolute Gasteiger partial charge is 0.481 e. The number of carbonyl (C=O) groups is 2. The van der Waals surface area contributed by atoms with Gasteiger partial charge in [-0.2, -0.15) is 0 Å². The second-order valence-corrected chi connectivity index (χ2v) is 5.45. The smallest absolute Gasteiger partial charge is 0.305 e. The predicted molar refractivity (Wildman–Crippen MR) is 77.6 cm³/mol. The highest BCUT2D eigenvalue weighted by Crippen LogP contribution is 2.23. The van der Waals surface area contributed by atoms with Crippen molar-refractivity contribution in [1.82, 2.24) is 5.32 Å². The molecule has 0 aliphatic rings. The van der Waals surface area contributed by atoms with Crippen molar-refractivity contribution in [3.63, 3.8) is 0 Å². The molecule has 0 aliphatic carbocycles. The maximum absolute atomic E-state index is 12.0. The van der Waals surface area contributed by atoms with Crippen molar-refractivity contribution < 1.29 is 14.7 Å². The number of carboxylic acid groups (broad SMARTS) is 1. The van der Waals surface area contributed by atoms with Crippen LogP contribution in [0, 0.1) is 0 Å². The van der Waals surface area contributed by atoms with E-state index in [9.17, 15) is 9.59 Å². The van der Waals surface area contributed by atoms with Crippen molar-refractivity contribution in [3.05, 3.63) is 33.3 Å². The average molecular weight is 349 g/mol. The van der Waals surface area contributed by atoms with E-state index in [-0.39, 0.29) is 18.4 Å². The summed E-state index contributed by atoms with van der Waals surface area (Å²) in [7, 11) is 0. The molecule has 4 nitrogen and oxygen atoms in total. The molecule has 0 spiro atoms. The van der Waals surface area contributed by atoms with Crippen LogP contribution in [0.25, 0.3) is 0 Å². The summed E-state index contributed by atoms with van der Waals surface area (Å²) in [5, 5.41) is 12.0. The number of amides is 1. The summed E-state index contributed by atoms with van der Waals surface area (Å²) in [6.07, 6.45) is 1.35. The minimum atomic E-state index is -0.924. The van der Waals surface area contributed by atoms with E-state index >= 15 is 0 Å². The molecule has 19 heavy (non-hydrogen) atoms. The van der Waals surface area contributed by atoms with Crippen LogP contribution in [0.4, 0.5) is 0 Å². The van der Waals surface area contributed by atoms with E-state index in [4.69, 9.17) is 16.7 Å². The average Bonchev–Trinajstić information content (AvgIpc) is 2.32. The molecule has 104 valence electrons. The summed E-state index contributed by atoms with van der Waals surface area (Å²) in [5.74, 6) is -1.23. The van der Waals surface area contributed by atoms with Crippen molar-refractivity contribution in [1.29, 1.82) is 0 Å². The second-order valence-electron chi connectivity index (χ2n) is 4.19. The SMILES string of the molecule is CCCC(CC(=O)O)NC(=O)c1ccc(Br)c(Cl)c1. The van der Waals surface area contributed by atoms with Gasteiger partial charge in [0.05, 0.1) is 11.4 Å². The summed E-state index contributed by atoms with van der Waals surface area (Å²) in [6, 6.07) is 4.50. The number of carbonyl (C=O) groups excluding carboxylic acids is 1. The van der Waals surface area contributed by atoms with E-state index < -0.39 is 5.97 Å². The van der Waals surface area contributed by atoms with Gasteiger partial charge in [0, 0.05) is 16.1 Å². The zero-order valence-corrected chi connectivity index (χ0v) is 12.8. The molecule has 0 aliphatic heterocycles. The lowest BCUT2D eigenvalue weighted by atomic mass is 10.1. The Labute approximate surface area is 125 Å². The molecule has 0 aromatic heterocycles. The summed E-state index contributed by atoms with van der Waals surface area (Å²) in [6.45, 7) is 1.94. The van der Waals surface area contributed by atoms with E-state index in [1.807, 2.05) is 6.92 Å². The number of rotatable bonds is 6. The van der Waals surface area contributed by atoms with Crippen LogP contribution in [0.2, 0.25) is 5.02 Å². The number of halogens is 2. The monoisotopic (exact) mass is 347 g/mol. The Bertz CT molecular complexity index is 479. The molecule has 0 fully saturated rings. The van der Waals surface area contributed by atoms with Gasteiger partial charge < -0.3 is 10.4 Å². The van der Waals surface area contributed by atoms with Crippen LogP contribution in [0.15, 0.2) is 22.7 Å². The van der Waals surface area contributed by atoms with Crippen LogP contribution in [-0.4, -0.2) is 23.0 Å². The molecule has 1 atom stereocenters. The van der Waals surface area contributed by atoms with E-state index in [0.717, 1.165) is 6.42 Å². The van der Waals surface area contributed by atoms with E-state index in [2.05, 4.69) is 21.2 Å². The number of hydrogen-bond acceptors (Lipinski definition) is 2. The third kappa shape index (κ3) is 5.20. The third-order valence-corrected chi connectivity index (χ3v) is 3.81. The quantitative estimate of drug-likeness (QED) is 0.827. The molecule has 1 rings (SSSR count). The van der Waals surface area contributed by atoms with Crippen molar-refractivity contribution in [3.8, 4) is 0 Å². The van der Waals surface area contributed by atoms with E-state index in [0.29, 0.717) is 21.5 Å². The summed E-state index contributed by atoms with van der Waals surface area (Å²) < 4.78 is 0.710. The van der Waals surface area contributed by atoms with Crippen LogP contribution in [0.1, 0.15) is 36.5 Å². The lowest BCUT2D eigenvalue weighted by Gasteiger charge is -2.16. The van der Waals surface area contributed by atoms with Crippen LogP contribution >= 0.6 is 27.5 Å². The maximum Gasteiger partial charge on any atom is 0.305 e. The fraction of sp³-hybridized carbons (Fsp3) is 0.385. The Hall–Kier alpha value is -1.07. The number of hydrogen-bond donors (Lipinski definition) is 2. The van der Waals surface area contributed by atoms with E-state index in [1.54, 1.807) is 18.2 Å². The van der Waals surface area contributed by atoms with Gasteiger partial charge in [-0.05, 0) is 40.5 Å². The van der Waals surface area contributed by atoms with Gasteiger partial charge >= 0.3 is 5.97 Å². The van der Waals surface area contributed by atoms with Crippen LogP contribution in [-0.2, 0) is 4.79 Å². The van der Waals surface area contributed by atoms with Gasteiger partial charge in [-0.1, -0.05) is 24.9 Å². The second kappa shape index (κ2) is 7.50. The van der Waals surface area contributed by atoms with Gasteiger partial charge in [-0.15, -0.1) is 0 Å². The highest BCUT2D eigenvalue weighted by molar-refractivity contribution is 9.10. The summed E-state index contributed by atoms with van der Waals surface area (Å²) in [4.78, 5) is 22.7. The van der Waals surface area contributed by atoms with Crippen LogP contribution in [0.5, 0.6) is 0 Å². The highest BCUT2D eigenvalue weighted by Gasteiger charge is 2.16. The zero-order valence-electron chi connectivity index (χ0n) is 10.5. The molecule has 0 heterocycles. The van der Waals surface area contributed by atoms with Gasteiger partial charge in [0.1, 0.15) is 0 Å². The van der Waals surface area contributed by atoms with Gasteiger partial charge in [0.2, 0.25) is 0 Å². The Morgan fingerprint density at radius 1 is 1.47 bits per heavy atom. The molecular formula is C13H15BrClNO3. The standard InChI is InChI=1S/C13H15BrClNO3/c1-2-3-9(7-12(17)18)16-13(19)8-4-5-10(14)11(15)6-8/h4-6,9H,2-3,7H2,1H3,(H,16,19)(H,17,18). The maximum atomic E-state index is 12.0. The summed E-state index contributed by atoms with van der Waals surface area (Å²) >= 11 is 9.16. The first-order chi connectivity index (χ1) is 8.93. The lowest BCUT2D eigenvalue weighted by molar-refractivity contribution is -0.137. The van der Waals surface area contributed by atoms with Gasteiger partial charge in [0.15, 0.2) is 0 Å². The molecule has 1 aromatic carbocycles. The number of benzene rings is 1. The first-order valence-corrected chi connectivity index (χ1v) is 7.08. The lowest BCUT2D eigenvalue weighted by Crippen LogP contribution is -2.36. The normalized spacial score (nSPS) is 11.9. The molecule has 1 unspecified atom stereocenters. The van der Waals surface area contributed by atoms with Gasteiger partial charge in [-0.3, -0.25) is 9.59 Å². The molecule has 0 saturated heterocycles. The minimum Gasteiger partial charge on any atom is -0.481 e. The first-order valence-electron chi connectivity index (χ1n) is 5.91. The van der Waals surface area contributed by atoms with Crippen LogP contribution in [0.3, 0.4) is 0 Å². The Morgan fingerprint density at radius 3 is 2.68 bits per heavy atom. The number of nitrogens with one attached hydrogen (secondary N) is 1. The molecule has 1 amide bonds. The minimum absolute atomic E-state index is 0.0795. The Morgan fingerprint density at radius 2 is 2.16 bits per heavy atom. The van der Waals surface area contributed by atoms with Crippen molar-refractivity contribution in [2.75, 3.05) is 0 Å². The number of aliphatic carboxylic acids is 1. The molecule has 2 N–H and O–H groups in total. The zero-order chi connectivity index (χ0) is 14.4. The third-order valence-electron chi connectivity index (χ3n) is 2.58. The Kier molecular flexibility index (Phi) is 6.31. The fourth-order valence-corrected chi connectivity index (χ4v) is 2.12. The fourth-order valence-electron chi connectivity index (χ4n) is 1.69. The van der Waals surface area contributed by atoms with Gasteiger partial charge in [-0.25, -0.2) is 0 Å². The molecular weight excluding hydrogens is 334 g/mol. The first kappa shape index (κ1) is 16.0. The van der Waals surface area contributed by atoms with Crippen molar-refractivity contribution in [2.45, 2.75) is 32.2 Å². The number of carboxylic acids is 1. The van der Waals surface area contributed by atoms with Crippen molar-refractivity contribution in [2.24, 2.45) is 0 Å². The summed E-state index contributed by atoms with van der Waals surface area (Å²) in [5.41, 5.74) is 0.416. The highest BCUT2D eigenvalue weighted by atomic mass is 79.9. The topological polar surface area (TPSA) is 66.4 Å². The van der Waals surface area contributed by atoms with Gasteiger partial charge in [0.25, 0.3) is 5.91 Å². The molecule has 0 saturated carbocycles. The predicted octanol–water partition coefficient (Wildman–Crippen LogP) is 3.48. The molecule has 0 bridgehead atoms. The van der Waals surface area contributed by atoms with Crippen molar-refractivity contribution >= 4 is 39.4 Å². The molecule has 6 heteroatoms.